The molecule has 6 nitrogen and oxygen atoms in total. The first-order valence-corrected chi connectivity index (χ1v) is 8.11. The van der Waals surface area contributed by atoms with E-state index in [9.17, 15) is 9.59 Å². The Morgan fingerprint density at radius 2 is 2.09 bits per heavy atom. The summed E-state index contributed by atoms with van der Waals surface area (Å²) in [7, 11) is 0. The molecule has 7 heteroatoms. The topological polar surface area (TPSA) is 70.7 Å². The first-order chi connectivity index (χ1) is 10.2. The average Bonchev–Trinajstić information content (AvgIpc) is 3.37. The molecular weight excluding hydrogens is 306 g/mol. The van der Waals surface area contributed by atoms with Crippen LogP contribution in [0.2, 0.25) is 0 Å². The highest BCUT2D eigenvalue weighted by molar-refractivity contribution is 5.85. The van der Waals surface area contributed by atoms with E-state index in [1.165, 1.54) is 12.8 Å². The van der Waals surface area contributed by atoms with E-state index in [-0.39, 0.29) is 36.2 Å². The van der Waals surface area contributed by atoms with Gasteiger partial charge in [-0.25, -0.2) is 0 Å². The molecule has 22 heavy (non-hydrogen) atoms. The largest absolute Gasteiger partial charge is 0.378 e. The predicted octanol–water partition coefficient (Wildman–Crippen LogP) is 0.161. The molecule has 1 saturated carbocycles. The van der Waals surface area contributed by atoms with E-state index in [1.807, 2.05) is 4.90 Å². The molecule has 0 spiro atoms. The number of ether oxygens (including phenoxy) is 1. The number of halogens is 1. The smallest absolute Gasteiger partial charge is 0.242 e. The van der Waals surface area contributed by atoms with Crippen molar-refractivity contribution in [3.8, 4) is 0 Å². The number of piperidine rings is 1. The number of nitrogens with one attached hydrogen (secondary N) is 2. The van der Waals surface area contributed by atoms with E-state index in [2.05, 4.69) is 10.6 Å². The van der Waals surface area contributed by atoms with E-state index in [1.54, 1.807) is 0 Å². The molecule has 3 aliphatic rings. The van der Waals surface area contributed by atoms with Crippen molar-refractivity contribution in [2.75, 3.05) is 39.4 Å². The minimum absolute atomic E-state index is 0. The Bertz CT molecular complexity index is 397. The maximum atomic E-state index is 12.4. The molecule has 0 aromatic carbocycles. The molecule has 2 N–H and O–H groups in total. The molecule has 0 bridgehead atoms. The number of carbonyl (C=O) groups is 2. The maximum Gasteiger partial charge on any atom is 0.242 e. The van der Waals surface area contributed by atoms with Gasteiger partial charge in [0.25, 0.3) is 0 Å². The molecular formula is C15H26ClN3O3. The van der Waals surface area contributed by atoms with Gasteiger partial charge in [0.15, 0.2) is 0 Å². The van der Waals surface area contributed by atoms with Gasteiger partial charge in [-0.05, 0) is 31.6 Å². The van der Waals surface area contributed by atoms with Crippen molar-refractivity contribution < 1.29 is 14.3 Å². The van der Waals surface area contributed by atoms with Crippen LogP contribution in [0.1, 0.15) is 25.7 Å². The fraction of sp³-hybridized carbons (Fsp3) is 0.867. The number of hydrogen-bond donors (Lipinski definition) is 2. The van der Waals surface area contributed by atoms with Crippen LogP contribution in [0.3, 0.4) is 0 Å². The first kappa shape index (κ1) is 17.5. The second-order valence-electron chi connectivity index (χ2n) is 6.39. The number of nitrogens with zero attached hydrogens (tertiary/aromatic N) is 1. The SMILES string of the molecule is Cl.O=C(NCC1CC1)C1CCCN(C(=O)C2COCCN2)C1. The fourth-order valence-electron chi connectivity index (χ4n) is 3.05. The van der Waals surface area contributed by atoms with E-state index < -0.39 is 0 Å². The van der Waals surface area contributed by atoms with E-state index in [4.69, 9.17) is 4.74 Å². The summed E-state index contributed by atoms with van der Waals surface area (Å²) in [4.78, 5) is 26.5. The Hall–Kier alpha value is -0.850. The summed E-state index contributed by atoms with van der Waals surface area (Å²) in [6.45, 7) is 3.93. The molecule has 2 heterocycles. The number of rotatable bonds is 4. The molecule has 2 amide bonds. The third-order valence-electron chi connectivity index (χ3n) is 4.59. The zero-order valence-corrected chi connectivity index (χ0v) is 13.7. The minimum atomic E-state index is -0.243. The van der Waals surface area contributed by atoms with Gasteiger partial charge in [0.05, 0.1) is 19.1 Å². The zero-order valence-electron chi connectivity index (χ0n) is 12.9. The standard InChI is InChI=1S/C15H25N3O3.ClH/c19-14(17-8-11-3-4-11)12-2-1-6-18(9-12)15(20)13-10-21-7-5-16-13;/h11-13,16H,1-10H2,(H,17,19);1H. The molecule has 126 valence electrons. The number of morpholine rings is 1. The van der Waals surface area contributed by atoms with Crippen LogP contribution < -0.4 is 10.6 Å². The molecule has 3 fully saturated rings. The van der Waals surface area contributed by atoms with Crippen molar-refractivity contribution in [1.82, 2.24) is 15.5 Å². The van der Waals surface area contributed by atoms with Crippen molar-refractivity contribution in [3.63, 3.8) is 0 Å². The van der Waals surface area contributed by atoms with E-state index in [0.717, 1.165) is 32.5 Å². The lowest BCUT2D eigenvalue weighted by Gasteiger charge is -2.35. The summed E-state index contributed by atoms with van der Waals surface area (Å²) in [5.74, 6) is 0.839. The second kappa shape index (κ2) is 8.13. The van der Waals surface area contributed by atoms with Crippen molar-refractivity contribution >= 4 is 24.2 Å². The quantitative estimate of drug-likeness (QED) is 0.770. The maximum absolute atomic E-state index is 12.4. The summed E-state index contributed by atoms with van der Waals surface area (Å²) in [5, 5.41) is 6.23. The highest BCUT2D eigenvalue weighted by atomic mass is 35.5. The van der Waals surface area contributed by atoms with Gasteiger partial charge in [-0.2, -0.15) is 0 Å². The van der Waals surface area contributed by atoms with Gasteiger partial charge in [0.2, 0.25) is 11.8 Å². The van der Waals surface area contributed by atoms with Gasteiger partial charge in [-0.3, -0.25) is 9.59 Å². The molecule has 0 aromatic rings. The highest BCUT2D eigenvalue weighted by Gasteiger charge is 2.33. The number of amides is 2. The van der Waals surface area contributed by atoms with Crippen LogP contribution in [-0.2, 0) is 14.3 Å². The predicted molar refractivity (Wildman–Crippen MR) is 84.9 cm³/mol. The van der Waals surface area contributed by atoms with Crippen molar-refractivity contribution in [2.24, 2.45) is 11.8 Å². The van der Waals surface area contributed by atoms with Crippen LogP contribution in [0.25, 0.3) is 0 Å². The van der Waals surface area contributed by atoms with Gasteiger partial charge in [-0.1, -0.05) is 0 Å². The van der Waals surface area contributed by atoms with Gasteiger partial charge >= 0.3 is 0 Å². The van der Waals surface area contributed by atoms with Crippen molar-refractivity contribution in [2.45, 2.75) is 31.7 Å². The normalized spacial score (nSPS) is 28.6. The van der Waals surface area contributed by atoms with E-state index >= 15 is 0 Å². The Kier molecular flexibility index (Phi) is 6.47. The number of hydrogen-bond acceptors (Lipinski definition) is 4. The molecule has 0 aromatic heterocycles. The zero-order chi connectivity index (χ0) is 14.7. The van der Waals surface area contributed by atoms with Crippen LogP contribution in [0.15, 0.2) is 0 Å². The summed E-state index contributed by atoms with van der Waals surface area (Å²) in [6, 6.07) is -0.243. The van der Waals surface area contributed by atoms with E-state index in [0.29, 0.717) is 25.7 Å². The average molecular weight is 332 g/mol. The minimum Gasteiger partial charge on any atom is -0.378 e. The van der Waals surface area contributed by atoms with Gasteiger partial charge in [0.1, 0.15) is 6.04 Å². The van der Waals surface area contributed by atoms with Crippen LogP contribution in [-0.4, -0.2) is 62.1 Å². The third kappa shape index (κ3) is 4.57. The number of likely N-dealkylation sites (tertiary alicyclic amines) is 1. The van der Waals surface area contributed by atoms with Crippen molar-refractivity contribution in [3.05, 3.63) is 0 Å². The van der Waals surface area contributed by atoms with Crippen LogP contribution in [0.5, 0.6) is 0 Å². The third-order valence-corrected chi connectivity index (χ3v) is 4.59. The second-order valence-corrected chi connectivity index (χ2v) is 6.39. The first-order valence-electron chi connectivity index (χ1n) is 8.11. The summed E-state index contributed by atoms with van der Waals surface area (Å²) in [5.41, 5.74) is 0. The van der Waals surface area contributed by atoms with Crippen LogP contribution >= 0.6 is 12.4 Å². The van der Waals surface area contributed by atoms with Crippen molar-refractivity contribution in [1.29, 1.82) is 0 Å². The molecule has 2 atom stereocenters. The molecule has 2 unspecified atom stereocenters. The lowest BCUT2D eigenvalue weighted by Crippen LogP contribution is -2.55. The van der Waals surface area contributed by atoms with Gasteiger partial charge in [0, 0.05) is 26.2 Å². The highest BCUT2D eigenvalue weighted by Crippen LogP contribution is 2.28. The lowest BCUT2D eigenvalue weighted by atomic mass is 9.96. The molecule has 0 radical (unpaired) electrons. The molecule has 3 rings (SSSR count). The Morgan fingerprint density at radius 3 is 2.77 bits per heavy atom. The fourth-order valence-corrected chi connectivity index (χ4v) is 3.05. The van der Waals surface area contributed by atoms with Gasteiger partial charge in [-0.15, -0.1) is 12.4 Å². The van der Waals surface area contributed by atoms with Crippen LogP contribution in [0, 0.1) is 11.8 Å². The summed E-state index contributed by atoms with van der Waals surface area (Å²) >= 11 is 0. The lowest BCUT2D eigenvalue weighted by molar-refractivity contribution is -0.140. The number of carbonyl (C=O) groups excluding carboxylic acids is 2. The Labute approximate surface area is 137 Å². The van der Waals surface area contributed by atoms with Crippen LogP contribution in [0.4, 0.5) is 0 Å². The monoisotopic (exact) mass is 331 g/mol. The Balaban J connectivity index is 0.00000176. The summed E-state index contributed by atoms with van der Waals surface area (Å²) in [6.07, 6.45) is 4.27. The summed E-state index contributed by atoms with van der Waals surface area (Å²) < 4.78 is 5.35. The molecule has 1 aliphatic carbocycles. The van der Waals surface area contributed by atoms with Gasteiger partial charge < -0.3 is 20.3 Å². The molecule has 2 aliphatic heterocycles. The Morgan fingerprint density at radius 1 is 1.27 bits per heavy atom. The molecule has 2 saturated heterocycles.